The lowest BCUT2D eigenvalue weighted by Crippen LogP contribution is -2.54. The van der Waals surface area contributed by atoms with E-state index < -0.39 is 28.5 Å². The molecule has 0 aliphatic carbocycles. The summed E-state index contributed by atoms with van der Waals surface area (Å²) in [7, 11) is 0. The van der Waals surface area contributed by atoms with Crippen LogP contribution in [-0.4, -0.2) is 55.5 Å². The zero-order valence-electron chi connectivity index (χ0n) is 26.9. The quantitative estimate of drug-likeness (QED) is 0.392. The number of amides is 1. The summed E-state index contributed by atoms with van der Waals surface area (Å²) in [4.78, 5) is 33.0. The number of esters is 1. The van der Waals surface area contributed by atoms with Crippen LogP contribution in [-0.2, 0) is 26.2 Å². The Labute approximate surface area is 244 Å². The van der Waals surface area contributed by atoms with Crippen LogP contribution in [0.25, 0.3) is 0 Å². The molecule has 228 valence electrons. The van der Waals surface area contributed by atoms with Gasteiger partial charge in [0.1, 0.15) is 11.2 Å². The van der Waals surface area contributed by atoms with Crippen molar-refractivity contribution in [2.45, 2.75) is 125 Å². The van der Waals surface area contributed by atoms with Gasteiger partial charge in [-0.2, -0.15) is 5.10 Å². The van der Waals surface area contributed by atoms with Gasteiger partial charge in [0, 0.05) is 36.5 Å². The first-order valence-corrected chi connectivity index (χ1v) is 14.3. The maximum Gasteiger partial charge on any atom is 0.410 e. The highest BCUT2D eigenvalue weighted by atomic mass is 19.1. The predicted molar refractivity (Wildman–Crippen MR) is 158 cm³/mol. The van der Waals surface area contributed by atoms with E-state index in [1.807, 2.05) is 86.9 Å². The van der Waals surface area contributed by atoms with E-state index in [9.17, 15) is 9.59 Å². The molecule has 3 heterocycles. The lowest BCUT2D eigenvalue weighted by atomic mass is 9.72. The smallest absolute Gasteiger partial charge is 0.410 e. The van der Waals surface area contributed by atoms with E-state index in [0.29, 0.717) is 36.5 Å². The van der Waals surface area contributed by atoms with Crippen molar-refractivity contribution in [1.29, 1.82) is 0 Å². The lowest BCUT2D eigenvalue weighted by molar-refractivity contribution is -0.172. The number of aromatic nitrogens is 3. The molecule has 9 nitrogen and oxygen atoms in total. The molecule has 0 aromatic carbocycles. The molecular formula is C31H48FN5O4. The standard InChI is InChI=1S/C31H48FN5O4/c1-19-15-22(33-25(24(19)32)34-23-16-20(2)37(35-23)28(4,5)6)18-31(26(38)40-29(7,8)9)13-14-36(21(3)17-31)27(39)41-30(10,11)12/h15-16,21H,13-14,17-18H2,1-12H3,(H,33,34,35)/t21-,31-/m1/s1. The molecule has 0 saturated carbocycles. The van der Waals surface area contributed by atoms with Crippen LogP contribution in [0.4, 0.5) is 20.8 Å². The Bertz CT molecular complexity index is 1290. The topological polar surface area (TPSA) is 98.6 Å². The Morgan fingerprint density at radius 3 is 2.17 bits per heavy atom. The number of halogens is 1. The number of aryl methyl sites for hydroxylation is 2. The van der Waals surface area contributed by atoms with Gasteiger partial charge in [-0.3, -0.25) is 9.48 Å². The highest BCUT2D eigenvalue weighted by Gasteiger charge is 2.48. The Kier molecular flexibility index (Phi) is 8.88. The second-order valence-electron chi connectivity index (χ2n) is 14.4. The summed E-state index contributed by atoms with van der Waals surface area (Å²) in [5, 5.41) is 7.66. The van der Waals surface area contributed by atoms with Crippen molar-refractivity contribution in [2.24, 2.45) is 5.41 Å². The van der Waals surface area contributed by atoms with Crippen molar-refractivity contribution in [3.05, 3.63) is 34.9 Å². The molecule has 3 rings (SSSR count). The fourth-order valence-corrected chi connectivity index (χ4v) is 5.31. The number of nitrogens with one attached hydrogen (secondary N) is 1. The average Bonchev–Trinajstić information content (AvgIpc) is 3.15. The van der Waals surface area contributed by atoms with Gasteiger partial charge < -0.3 is 19.7 Å². The third-order valence-electron chi connectivity index (χ3n) is 6.99. The highest BCUT2D eigenvalue weighted by Crippen LogP contribution is 2.41. The van der Waals surface area contributed by atoms with Gasteiger partial charge >= 0.3 is 12.1 Å². The van der Waals surface area contributed by atoms with Crippen LogP contribution in [0.3, 0.4) is 0 Å². The molecule has 10 heteroatoms. The monoisotopic (exact) mass is 573 g/mol. The third-order valence-corrected chi connectivity index (χ3v) is 6.99. The first-order valence-electron chi connectivity index (χ1n) is 14.3. The average molecular weight is 574 g/mol. The van der Waals surface area contributed by atoms with E-state index in [1.165, 1.54) is 0 Å². The number of hydrogen-bond donors (Lipinski definition) is 1. The van der Waals surface area contributed by atoms with E-state index in [1.54, 1.807) is 17.9 Å². The first kappa shape index (κ1) is 32.3. The predicted octanol–water partition coefficient (Wildman–Crippen LogP) is 6.82. The van der Waals surface area contributed by atoms with E-state index in [0.717, 1.165) is 5.69 Å². The SMILES string of the molecule is Cc1cc(C[C@@]2(C(=O)OC(C)(C)C)CCN(C(=O)OC(C)(C)C)[C@H](C)C2)nc(Nc2cc(C)n(C(C)(C)C)n2)c1F. The second-order valence-corrected chi connectivity index (χ2v) is 14.4. The summed E-state index contributed by atoms with van der Waals surface area (Å²) in [5.41, 5.74) is -0.620. The normalized spacial score (nSPS) is 20.1. The number of likely N-dealkylation sites (tertiary alicyclic amines) is 1. The fraction of sp³-hybridized carbons (Fsp3) is 0.677. The molecule has 1 N–H and O–H groups in total. The molecule has 1 saturated heterocycles. The Hall–Kier alpha value is -3.17. The number of pyridine rings is 1. The zero-order valence-corrected chi connectivity index (χ0v) is 26.9. The van der Waals surface area contributed by atoms with Gasteiger partial charge in [-0.1, -0.05) is 0 Å². The van der Waals surface area contributed by atoms with Gasteiger partial charge in [0.15, 0.2) is 17.5 Å². The van der Waals surface area contributed by atoms with Crippen LogP contribution in [0.5, 0.6) is 0 Å². The van der Waals surface area contributed by atoms with Crippen molar-refractivity contribution < 1.29 is 23.5 Å². The minimum absolute atomic E-state index is 0.0529. The summed E-state index contributed by atoms with van der Waals surface area (Å²) in [6.45, 7) is 23.0. The van der Waals surface area contributed by atoms with E-state index in [2.05, 4.69) is 15.4 Å². The number of anilines is 2. The van der Waals surface area contributed by atoms with Crippen LogP contribution in [0, 0.1) is 25.1 Å². The molecule has 1 aliphatic rings. The number of nitrogens with zero attached hydrogens (tertiary/aromatic N) is 4. The van der Waals surface area contributed by atoms with E-state index >= 15 is 4.39 Å². The van der Waals surface area contributed by atoms with Crippen molar-refractivity contribution in [2.75, 3.05) is 11.9 Å². The van der Waals surface area contributed by atoms with Crippen LogP contribution in [0.2, 0.25) is 0 Å². The third kappa shape index (κ3) is 7.98. The molecule has 41 heavy (non-hydrogen) atoms. The van der Waals surface area contributed by atoms with Crippen LogP contribution >= 0.6 is 0 Å². The number of ether oxygens (including phenoxy) is 2. The number of piperidine rings is 1. The molecule has 0 spiro atoms. The minimum atomic E-state index is -0.954. The molecule has 1 fully saturated rings. The lowest BCUT2D eigenvalue weighted by Gasteiger charge is -2.44. The molecule has 0 radical (unpaired) electrons. The maximum atomic E-state index is 15.3. The van der Waals surface area contributed by atoms with Crippen molar-refractivity contribution in [3.8, 4) is 0 Å². The Balaban J connectivity index is 1.95. The van der Waals surface area contributed by atoms with Crippen molar-refractivity contribution in [3.63, 3.8) is 0 Å². The van der Waals surface area contributed by atoms with Gasteiger partial charge in [-0.05, 0) is 108 Å². The summed E-state index contributed by atoms with van der Waals surface area (Å²) in [6.07, 6.45) is 0.549. The van der Waals surface area contributed by atoms with Crippen molar-refractivity contribution in [1.82, 2.24) is 19.7 Å². The maximum absolute atomic E-state index is 15.3. The van der Waals surface area contributed by atoms with Crippen molar-refractivity contribution >= 4 is 23.7 Å². The number of rotatable bonds is 5. The molecule has 0 unspecified atom stereocenters. The minimum Gasteiger partial charge on any atom is -0.460 e. The summed E-state index contributed by atoms with van der Waals surface area (Å²) in [5.74, 6) is -0.284. The Morgan fingerprint density at radius 2 is 1.66 bits per heavy atom. The number of carbonyl (C=O) groups excluding carboxylic acids is 2. The summed E-state index contributed by atoms with van der Waals surface area (Å²) >= 11 is 0. The molecule has 2 aromatic heterocycles. The van der Waals surface area contributed by atoms with Gasteiger partial charge in [0.25, 0.3) is 0 Å². The van der Waals surface area contributed by atoms with Gasteiger partial charge in [-0.25, -0.2) is 14.2 Å². The molecule has 2 aromatic rings. The fourth-order valence-electron chi connectivity index (χ4n) is 5.31. The largest absolute Gasteiger partial charge is 0.460 e. The van der Waals surface area contributed by atoms with E-state index in [-0.39, 0.29) is 29.8 Å². The molecule has 2 atom stereocenters. The van der Waals surface area contributed by atoms with Crippen LogP contribution < -0.4 is 5.32 Å². The van der Waals surface area contributed by atoms with Crippen LogP contribution in [0.1, 0.15) is 99.0 Å². The van der Waals surface area contributed by atoms with E-state index in [4.69, 9.17) is 9.47 Å². The second kappa shape index (κ2) is 11.2. The van der Waals surface area contributed by atoms with Gasteiger partial charge in [0.2, 0.25) is 0 Å². The molecule has 0 bridgehead atoms. The first-order chi connectivity index (χ1) is 18.6. The summed E-state index contributed by atoms with van der Waals surface area (Å²) < 4.78 is 28.7. The molecular weight excluding hydrogens is 525 g/mol. The molecule has 1 aliphatic heterocycles. The van der Waals surface area contributed by atoms with Crippen LogP contribution in [0.15, 0.2) is 12.1 Å². The van der Waals surface area contributed by atoms with Gasteiger partial charge in [-0.15, -0.1) is 0 Å². The highest BCUT2D eigenvalue weighted by molar-refractivity contribution is 5.79. The van der Waals surface area contributed by atoms with Gasteiger partial charge in [0.05, 0.1) is 11.0 Å². The number of hydrogen-bond acceptors (Lipinski definition) is 7. The zero-order chi connectivity index (χ0) is 31.1. The molecule has 1 amide bonds. The Morgan fingerprint density at radius 1 is 1.05 bits per heavy atom. The summed E-state index contributed by atoms with van der Waals surface area (Å²) in [6, 6.07) is 3.25. The number of carbonyl (C=O) groups is 2.